The first kappa shape index (κ1) is 11.0. The number of carboxylic acid groups (broad SMARTS) is 1. The summed E-state index contributed by atoms with van der Waals surface area (Å²) >= 11 is 0. The Morgan fingerprint density at radius 1 is 1.50 bits per heavy atom. The van der Waals surface area contributed by atoms with Crippen LogP contribution in [0.3, 0.4) is 0 Å². The fraction of sp³-hybridized carbons (Fsp3) is 0.462. The van der Waals surface area contributed by atoms with E-state index in [9.17, 15) is 4.79 Å². The monoisotopic (exact) mass is 220 g/mol. The summed E-state index contributed by atoms with van der Waals surface area (Å²) in [7, 11) is 1.64. The fourth-order valence-corrected chi connectivity index (χ4v) is 2.39. The van der Waals surface area contributed by atoms with Crippen molar-refractivity contribution in [1.82, 2.24) is 0 Å². The van der Waals surface area contributed by atoms with Crippen LogP contribution in [0, 0.1) is 6.92 Å². The van der Waals surface area contributed by atoms with Crippen LogP contribution in [-0.4, -0.2) is 18.2 Å². The number of benzene rings is 1. The molecule has 0 atom stereocenters. The Kier molecular flexibility index (Phi) is 2.62. The standard InChI is InChI=1S/C13H16O3/c1-9-10(4-3-5-11(9)16-2)13(6-7-13)8-12(14)15/h3-5H,6-8H2,1-2H3,(H,14,15). The van der Waals surface area contributed by atoms with E-state index in [4.69, 9.17) is 9.84 Å². The summed E-state index contributed by atoms with van der Waals surface area (Å²) in [5, 5.41) is 8.94. The number of rotatable bonds is 4. The smallest absolute Gasteiger partial charge is 0.304 e. The first-order chi connectivity index (χ1) is 7.59. The van der Waals surface area contributed by atoms with Gasteiger partial charge in [0.2, 0.25) is 0 Å². The lowest BCUT2D eigenvalue weighted by atomic mass is 9.88. The molecule has 0 saturated heterocycles. The topological polar surface area (TPSA) is 46.5 Å². The van der Waals surface area contributed by atoms with Gasteiger partial charge in [-0.2, -0.15) is 0 Å². The van der Waals surface area contributed by atoms with Crippen LogP contribution in [0.15, 0.2) is 18.2 Å². The van der Waals surface area contributed by atoms with Crippen molar-refractivity contribution in [3.8, 4) is 5.75 Å². The van der Waals surface area contributed by atoms with Crippen LogP contribution in [0.4, 0.5) is 0 Å². The third kappa shape index (κ3) is 1.77. The van der Waals surface area contributed by atoms with Crippen molar-refractivity contribution in [1.29, 1.82) is 0 Å². The van der Waals surface area contributed by atoms with E-state index in [1.54, 1.807) is 7.11 Å². The molecule has 1 fully saturated rings. The van der Waals surface area contributed by atoms with Crippen molar-refractivity contribution in [2.45, 2.75) is 31.6 Å². The Morgan fingerprint density at radius 2 is 2.19 bits per heavy atom. The van der Waals surface area contributed by atoms with E-state index in [2.05, 4.69) is 0 Å². The van der Waals surface area contributed by atoms with Gasteiger partial charge in [0.25, 0.3) is 0 Å². The average Bonchev–Trinajstić information content (AvgIpc) is 2.98. The minimum absolute atomic E-state index is 0.134. The summed E-state index contributed by atoms with van der Waals surface area (Å²) < 4.78 is 5.27. The highest BCUT2D eigenvalue weighted by Gasteiger charge is 2.47. The molecule has 1 aliphatic rings. The molecular formula is C13H16O3. The largest absolute Gasteiger partial charge is 0.496 e. The number of hydrogen-bond acceptors (Lipinski definition) is 2. The molecule has 2 rings (SSSR count). The van der Waals surface area contributed by atoms with Crippen molar-refractivity contribution in [2.75, 3.05) is 7.11 Å². The minimum Gasteiger partial charge on any atom is -0.496 e. The van der Waals surface area contributed by atoms with Crippen molar-refractivity contribution in [2.24, 2.45) is 0 Å². The fourth-order valence-electron chi connectivity index (χ4n) is 2.39. The molecule has 0 bridgehead atoms. The van der Waals surface area contributed by atoms with E-state index in [1.807, 2.05) is 25.1 Å². The van der Waals surface area contributed by atoms with Gasteiger partial charge in [0.05, 0.1) is 13.5 Å². The normalized spacial score (nSPS) is 16.9. The zero-order valence-corrected chi connectivity index (χ0v) is 9.62. The van der Waals surface area contributed by atoms with E-state index in [-0.39, 0.29) is 11.8 Å². The van der Waals surface area contributed by atoms with Crippen molar-refractivity contribution in [3.05, 3.63) is 29.3 Å². The van der Waals surface area contributed by atoms with Gasteiger partial charge >= 0.3 is 5.97 Å². The van der Waals surface area contributed by atoms with E-state index < -0.39 is 5.97 Å². The molecule has 0 aromatic heterocycles. The van der Waals surface area contributed by atoms with Crippen LogP contribution in [0.1, 0.15) is 30.4 Å². The zero-order valence-electron chi connectivity index (χ0n) is 9.62. The van der Waals surface area contributed by atoms with E-state index in [1.165, 1.54) is 0 Å². The van der Waals surface area contributed by atoms with Gasteiger partial charge in [-0.05, 0) is 37.0 Å². The lowest BCUT2D eigenvalue weighted by Crippen LogP contribution is -2.14. The Hall–Kier alpha value is -1.51. The van der Waals surface area contributed by atoms with Gasteiger partial charge in [-0.1, -0.05) is 12.1 Å². The lowest BCUT2D eigenvalue weighted by Gasteiger charge is -2.17. The summed E-state index contributed by atoms with van der Waals surface area (Å²) in [6, 6.07) is 5.87. The van der Waals surface area contributed by atoms with Crippen molar-refractivity contribution in [3.63, 3.8) is 0 Å². The minimum atomic E-state index is -0.722. The highest BCUT2D eigenvalue weighted by Crippen LogP contribution is 2.52. The van der Waals surface area contributed by atoms with Crippen LogP contribution in [0.5, 0.6) is 5.75 Å². The summed E-state index contributed by atoms with van der Waals surface area (Å²) in [6.45, 7) is 2.00. The summed E-state index contributed by atoms with van der Waals surface area (Å²) in [4.78, 5) is 10.9. The molecular weight excluding hydrogens is 204 g/mol. The molecule has 1 saturated carbocycles. The quantitative estimate of drug-likeness (QED) is 0.848. The number of aliphatic carboxylic acids is 1. The molecule has 1 N–H and O–H groups in total. The molecule has 16 heavy (non-hydrogen) atoms. The second-order valence-corrected chi connectivity index (χ2v) is 4.48. The summed E-state index contributed by atoms with van der Waals surface area (Å²) in [5.41, 5.74) is 2.07. The van der Waals surface area contributed by atoms with Crippen LogP contribution in [0.2, 0.25) is 0 Å². The molecule has 1 aromatic carbocycles. The van der Waals surface area contributed by atoms with E-state index in [0.29, 0.717) is 0 Å². The number of ether oxygens (including phenoxy) is 1. The van der Waals surface area contributed by atoms with Gasteiger partial charge in [0.15, 0.2) is 0 Å². The predicted molar refractivity (Wildman–Crippen MR) is 60.9 cm³/mol. The van der Waals surface area contributed by atoms with Gasteiger partial charge in [0.1, 0.15) is 5.75 Å². The molecule has 1 aliphatic carbocycles. The van der Waals surface area contributed by atoms with Gasteiger partial charge in [-0.25, -0.2) is 0 Å². The Balaban J connectivity index is 2.37. The first-order valence-corrected chi connectivity index (χ1v) is 5.45. The molecule has 0 spiro atoms. The highest BCUT2D eigenvalue weighted by atomic mass is 16.5. The summed E-state index contributed by atoms with van der Waals surface area (Å²) in [5.74, 6) is 0.119. The maximum Gasteiger partial charge on any atom is 0.304 e. The molecule has 3 nitrogen and oxygen atoms in total. The maximum atomic E-state index is 10.9. The predicted octanol–water partition coefficient (Wildman–Crippen LogP) is 2.51. The van der Waals surface area contributed by atoms with Crippen LogP contribution < -0.4 is 4.74 Å². The number of carboxylic acids is 1. The Morgan fingerprint density at radius 3 is 2.69 bits per heavy atom. The first-order valence-electron chi connectivity index (χ1n) is 5.45. The summed E-state index contributed by atoms with van der Waals surface area (Å²) in [6.07, 6.45) is 2.15. The molecule has 0 aliphatic heterocycles. The van der Waals surface area contributed by atoms with E-state index in [0.717, 1.165) is 29.7 Å². The van der Waals surface area contributed by atoms with Crippen LogP contribution in [-0.2, 0) is 10.2 Å². The third-order valence-corrected chi connectivity index (χ3v) is 3.42. The van der Waals surface area contributed by atoms with Crippen molar-refractivity contribution < 1.29 is 14.6 Å². The number of hydrogen-bond donors (Lipinski definition) is 1. The second kappa shape index (κ2) is 3.81. The molecule has 86 valence electrons. The average molecular weight is 220 g/mol. The highest BCUT2D eigenvalue weighted by molar-refractivity contribution is 5.70. The van der Waals surface area contributed by atoms with Crippen LogP contribution in [0.25, 0.3) is 0 Å². The SMILES string of the molecule is COc1cccc(C2(CC(=O)O)CC2)c1C. The molecule has 0 amide bonds. The van der Waals surface area contributed by atoms with Gasteiger partial charge in [0, 0.05) is 5.41 Å². The van der Waals surface area contributed by atoms with Gasteiger partial charge in [-0.15, -0.1) is 0 Å². The zero-order chi connectivity index (χ0) is 11.8. The number of carbonyl (C=O) groups is 1. The lowest BCUT2D eigenvalue weighted by molar-refractivity contribution is -0.137. The van der Waals surface area contributed by atoms with Crippen molar-refractivity contribution >= 4 is 5.97 Å². The molecule has 1 aromatic rings. The molecule has 0 heterocycles. The molecule has 0 unspecified atom stereocenters. The molecule has 3 heteroatoms. The third-order valence-electron chi connectivity index (χ3n) is 3.42. The molecule has 0 radical (unpaired) electrons. The van der Waals surface area contributed by atoms with Gasteiger partial charge < -0.3 is 9.84 Å². The Labute approximate surface area is 95.0 Å². The second-order valence-electron chi connectivity index (χ2n) is 4.48. The van der Waals surface area contributed by atoms with Gasteiger partial charge in [-0.3, -0.25) is 4.79 Å². The Bertz CT molecular complexity index is 419. The maximum absolute atomic E-state index is 10.9. The van der Waals surface area contributed by atoms with E-state index >= 15 is 0 Å². The van der Waals surface area contributed by atoms with Crippen LogP contribution >= 0.6 is 0 Å². The number of methoxy groups -OCH3 is 1.